The van der Waals surface area contributed by atoms with Crippen LogP contribution in [0.4, 0.5) is 4.79 Å². The van der Waals surface area contributed by atoms with Crippen LogP contribution in [0.2, 0.25) is 0 Å². The van der Waals surface area contributed by atoms with Crippen LogP contribution in [0.15, 0.2) is 54.6 Å². The Labute approximate surface area is 172 Å². The fourth-order valence-corrected chi connectivity index (χ4v) is 2.99. The third kappa shape index (κ3) is 6.62. The predicted octanol–water partition coefficient (Wildman–Crippen LogP) is 3.50. The van der Waals surface area contributed by atoms with Crippen molar-refractivity contribution in [3.63, 3.8) is 0 Å². The molecule has 6 nitrogen and oxygen atoms in total. The van der Waals surface area contributed by atoms with E-state index in [-0.39, 0.29) is 24.5 Å². The van der Waals surface area contributed by atoms with Crippen LogP contribution >= 0.6 is 12.4 Å². The summed E-state index contributed by atoms with van der Waals surface area (Å²) < 4.78 is 16.3. The summed E-state index contributed by atoms with van der Waals surface area (Å²) in [6.07, 6.45) is 0.551. The Kier molecular flexibility index (Phi) is 8.91. The van der Waals surface area contributed by atoms with E-state index in [0.29, 0.717) is 26.3 Å². The van der Waals surface area contributed by atoms with E-state index in [1.807, 2.05) is 54.6 Å². The summed E-state index contributed by atoms with van der Waals surface area (Å²) in [6, 6.07) is 17.4. The van der Waals surface area contributed by atoms with Crippen LogP contribution in [-0.2, 0) is 11.3 Å². The Hall–Kier alpha value is -2.44. The number of hydrogen-bond donors (Lipinski definition) is 1. The number of nitrogens with one attached hydrogen (secondary N) is 1. The summed E-state index contributed by atoms with van der Waals surface area (Å²) in [5.41, 5.74) is 0.991. The maximum atomic E-state index is 12.3. The molecule has 1 saturated heterocycles. The zero-order valence-corrected chi connectivity index (χ0v) is 16.8. The van der Waals surface area contributed by atoms with E-state index in [4.69, 9.17) is 14.2 Å². The lowest BCUT2D eigenvalue weighted by atomic mass is 10.1. The quantitative estimate of drug-likeness (QED) is 0.762. The lowest BCUT2D eigenvalue weighted by molar-refractivity contribution is 0.0827. The number of carbonyl (C=O) groups is 1. The van der Waals surface area contributed by atoms with E-state index in [1.165, 1.54) is 0 Å². The minimum Gasteiger partial charge on any atom is -0.497 e. The van der Waals surface area contributed by atoms with Crippen molar-refractivity contribution in [3.8, 4) is 11.5 Å². The second-order valence-electron chi connectivity index (χ2n) is 6.45. The first-order chi connectivity index (χ1) is 13.2. The second-order valence-corrected chi connectivity index (χ2v) is 6.45. The molecule has 2 aromatic carbocycles. The highest BCUT2D eigenvalue weighted by atomic mass is 35.5. The number of ether oxygens (including phenoxy) is 3. The molecule has 0 radical (unpaired) electrons. The van der Waals surface area contributed by atoms with Crippen molar-refractivity contribution in [1.82, 2.24) is 10.2 Å². The lowest BCUT2D eigenvalue weighted by Gasteiger charge is -2.33. The number of carbonyl (C=O) groups excluding carboxylic acids is 1. The van der Waals surface area contributed by atoms with Gasteiger partial charge in [-0.1, -0.05) is 30.3 Å². The van der Waals surface area contributed by atoms with E-state index in [9.17, 15) is 4.79 Å². The van der Waals surface area contributed by atoms with Gasteiger partial charge in [0, 0.05) is 25.7 Å². The number of nitrogens with zero attached hydrogens (tertiary/aromatic N) is 1. The molecule has 0 unspecified atom stereocenters. The first-order valence-electron chi connectivity index (χ1n) is 9.20. The van der Waals surface area contributed by atoms with E-state index >= 15 is 0 Å². The van der Waals surface area contributed by atoms with Gasteiger partial charge in [-0.05, 0) is 36.2 Å². The number of halogens is 1. The smallest absolute Gasteiger partial charge is 0.410 e. The monoisotopic (exact) mass is 406 g/mol. The number of rotatable bonds is 7. The van der Waals surface area contributed by atoms with Gasteiger partial charge in [-0.15, -0.1) is 12.4 Å². The van der Waals surface area contributed by atoms with Gasteiger partial charge >= 0.3 is 6.09 Å². The van der Waals surface area contributed by atoms with Crippen LogP contribution in [-0.4, -0.2) is 50.4 Å². The lowest BCUT2D eigenvalue weighted by Crippen LogP contribution is -2.53. The molecule has 152 valence electrons. The number of methoxy groups -OCH3 is 1. The maximum absolute atomic E-state index is 12.3. The normalized spacial score (nSPS) is 16.0. The minimum absolute atomic E-state index is 0. The van der Waals surface area contributed by atoms with Crippen LogP contribution < -0.4 is 14.8 Å². The summed E-state index contributed by atoms with van der Waals surface area (Å²) in [5, 5.41) is 3.43. The maximum Gasteiger partial charge on any atom is 0.410 e. The fourth-order valence-electron chi connectivity index (χ4n) is 2.99. The van der Waals surface area contributed by atoms with Gasteiger partial charge in [0.15, 0.2) is 0 Å². The number of piperazine rings is 1. The first-order valence-corrected chi connectivity index (χ1v) is 9.20. The van der Waals surface area contributed by atoms with E-state index in [0.717, 1.165) is 30.0 Å². The topological polar surface area (TPSA) is 60.0 Å². The fraction of sp³-hybridized carbons (Fsp3) is 0.381. The molecule has 2 aromatic rings. The highest BCUT2D eigenvalue weighted by molar-refractivity contribution is 5.85. The van der Waals surface area contributed by atoms with Gasteiger partial charge in [0.1, 0.15) is 18.1 Å². The molecule has 28 heavy (non-hydrogen) atoms. The van der Waals surface area contributed by atoms with Crippen molar-refractivity contribution in [2.45, 2.75) is 19.1 Å². The van der Waals surface area contributed by atoms with Crippen LogP contribution in [0.25, 0.3) is 0 Å². The highest BCUT2D eigenvalue weighted by Crippen LogP contribution is 2.17. The third-order valence-electron chi connectivity index (χ3n) is 4.51. The van der Waals surface area contributed by atoms with E-state index in [1.54, 1.807) is 12.0 Å². The Morgan fingerprint density at radius 1 is 1.11 bits per heavy atom. The van der Waals surface area contributed by atoms with Gasteiger partial charge in [-0.25, -0.2) is 4.79 Å². The average molecular weight is 407 g/mol. The molecular weight excluding hydrogens is 380 g/mol. The third-order valence-corrected chi connectivity index (χ3v) is 4.51. The van der Waals surface area contributed by atoms with Crippen molar-refractivity contribution < 1.29 is 19.0 Å². The van der Waals surface area contributed by atoms with Crippen LogP contribution in [0.3, 0.4) is 0 Å². The average Bonchev–Trinajstić information content (AvgIpc) is 2.73. The zero-order chi connectivity index (χ0) is 18.9. The molecule has 7 heteroatoms. The van der Waals surface area contributed by atoms with Crippen molar-refractivity contribution in [2.24, 2.45) is 0 Å². The Morgan fingerprint density at radius 3 is 2.54 bits per heavy atom. The van der Waals surface area contributed by atoms with Crippen molar-refractivity contribution in [2.75, 3.05) is 33.4 Å². The molecule has 0 spiro atoms. The molecule has 1 atom stereocenters. The Balaban J connectivity index is 0.00000280. The molecule has 0 aromatic heterocycles. The van der Waals surface area contributed by atoms with Crippen molar-refractivity contribution in [3.05, 3.63) is 60.2 Å². The van der Waals surface area contributed by atoms with E-state index in [2.05, 4.69) is 5.32 Å². The van der Waals surface area contributed by atoms with Crippen LogP contribution in [0.1, 0.15) is 12.0 Å². The number of hydrogen-bond acceptors (Lipinski definition) is 5. The van der Waals surface area contributed by atoms with Crippen LogP contribution in [0.5, 0.6) is 11.5 Å². The molecule has 1 N–H and O–H groups in total. The Morgan fingerprint density at radius 2 is 1.82 bits per heavy atom. The minimum atomic E-state index is -0.263. The second kappa shape index (κ2) is 11.4. The SMILES string of the molecule is COc1ccc(OCC[C@@H]2CN(C(=O)OCc3ccccc3)CCN2)cc1.Cl. The molecule has 0 aliphatic carbocycles. The molecule has 0 saturated carbocycles. The molecule has 3 rings (SSSR count). The molecule has 1 aliphatic heterocycles. The summed E-state index contributed by atoms with van der Waals surface area (Å²) in [7, 11) is 1.64. The zero-order valence-electron chi connectivity index (χ0n) is 16.0. The summed E-state index contributed by atoms with van der Waals surface area (Å²) in [5.74, 6) is 1.62. The van der Waals surface area contributed by atoms with E-state index < -0.39 is 0 Å². The number of amides is 1. The largest absolute Gasteiger partial charge is 0.497 e. The highest BCUT2D eigenvalue weighted by Gasteiger charge is 2.24. The van der Waals surface area contributed by atoms with Crippen molar-refractivity contribution >= 4 is 18.5 Å². The summed E-state index contributed by atoms with van der Waals surface area (Å²) in [4.78, 5) is 14.1. The molecule has 1 aliphatic rings. The molecule has 0 bridgehead atoms. The van der Waals surface area contributed by atoms with Gasteiger partial charge in [-0.2, -0.15) is 0 Å². The van der Waals surface area contributed by atoms with Gasteiger partial charge < -0.3 is 24.4 Å². The first kappa shape index (κ1) is 21.9. The molecule has 1 amide bonds. The van der Waals surface area contributed by atoms with Crippen LogP contribution in [0, 0.1) is 0 Å². The standard InChI is InChI=1S/C21H26N2O4.ClH/c1-25-19-7-9-20(10-8-19)26-14-11-18-15-23(13-12-22-18)21(24)27-16-17-5-3-2-4-6-17;/h2-10,18,22H,11-16H2,1H3;1H/t18-;/m1./s1. The van der Waals surface area contributed by atoms with Gasteiger partial charge in [0.05, 0.1) is 13.7 Å². The van der Waals surface area contributed by atoms with Gasteiger partial charge in [-0.3, -0.25) is 0 Å². The van der Waals surface area contributed by atoms with Gasteiger partial charge in [0.25, 0.3) is 0 Å². The summed E-state index contributed by atoms with van der Waals surface area (Å²) in [6.45, 7) is 2.92. The number of benzene rings is 2. The molecule has 1 fully saturated rings. The predicted molar refractivity (Wildman–Crippen MR) is 110 cm³/mol. The summed E-state index contributed by atoms with van der Waals surface area (Å²) >= 11 is 0. The molecule has 1 heterocycles. The van der Waals surface area contributed by atoms with Gasteiger partial charge in [0.2, 0.25) is 0 Å². The van der Waals surface area contributed by atoms with Crippen molar-refractivity contribution in [1.29, 1.82) is 0 Å². The Bertz CT molecular complexity index is 712. The molecular formula is C21H27ClN2O4.